The van der Waals surface area contributed by atoms with Crippen LogP contribution in [0.25, 0.3) is 0 Å². The quantitative estimate of drug-likeness (QED) is 0.695. The second kappa shape index (κ2) is 5.94. The molecule has 94 valence electrons. The van der Waals surface area contributed by atoms with E-state index in [4.69, 9.17) is 22.7 Å². The SMILES string of the molecule is CC(C)(C)OCCN(CCC(N)=S)C1CC1. The van der Waals surface area contributed by atoms with Crippen molar-refractivity contribution in [1.29, 1.82) is 0 Å². The van der Waals surface area contributed by atoms with Gasteiger partial charge in [-0.2, -0.15) is 0 Å². The number of hydrogen-bond donors (Lipinski definition) is 1. The summed E-state index contributed by atoms with van der Waals surface area (Å²) in [5, 5.41) is 0. The van der Waals surface area contributed by atoms with Gasteiger partial charge < -0.3 is 10.5 Å². The molecule has 0 aromatic heterocycles. The first kappa shape index (κ1) is 13.9. The van der Waals surface area contributed by atoms with Crippen molar-refractivity contribution in [1.82, 2.24) is 4.90 Å². The molecule has 0 unspecified atom stereocenters. The van der Waals surface area contributed by atoms with Gasteiger partial charge in [-0.1, -0.05) is 12.2 Å². The van der Waals surface area contributed by atoms with Gasteiger partial charge in [-0.25, -0.2) is 0 Å². The van der Waals surface area contributed by atoms with E-state index >= 15 is 0 Å². The lowest BCUT2D eigenvalue weighted by Gasteiger charge is -2.25. The Kier molecular flexibility index (Phi) is 5.15. The van der Waals surface area contributed by atoms with Crippen LogP contribution >= 0.6 is 12.2 Å². The summed E-state index contributed by atoms with van der Waals surface area (Å²) in [4.78, 5) is 3.06. The average molecular weight is 244 g/mol. The zero-order valence-corrected chi connectivity index (χ0v) is 11.5. The third-order valence-electron chi connectivity index (χ3n) is 2.62. The molecule has 2 N–H and O–H groups in total. The van der Waals surface area contributed by atoms with E-state index in [1.54, 1.807) is 0 Å². The summed E-state index contributed by atoms with van der Waals surface area (Å²) in [6, 6.07) is 0.748. The Morgan fingerprint density at radius 1 is 1.38 bits per heavy atom. The van der Waals surface area contributed by atoms with Crippen LogP contribution in [0, 0.1) is 0 Å². The van der Waals surface area contributed by atoms with E-state index in [1.165, 1.54) is 12.8 Å². The van der Waals surface area contributed by atoms with Gasteiger partial charge in [-0.15, -0.1) is 0 Å². The molecule has 1 aliphatic rings. The van der Waals surface area contributed by atoms with Gasteiger partial charge in [0.2, 0.25) is 0 Å². The first-order valence-corrected chi connectivity index (χ1v) is 6.45. The van der Waals surface area contributed by atoms with Crippen LogP contribution in [0.4, 0.5) is 0 Å². The highest BCUT2D eigenvalue weighted by atomic mass is 32.1. The van der Waals surface area contributed by atoms with E-state index in [1.807, 2.05) is 0 Å². The van der Waals surface area contributed by atoms with Crippen LogP contribution in [0.2, 0.25) is 0 Å². The van der Waals surface area contributed by atoms with Gasteiger partial charge in [0.25, 0.3) is 0 Å². The van der Waals surface area contributed by atoms with Gasteiger partial charge in [-0.3, -0.25) is 4.90 Å². The van der Waals surface area contributed by atoms with E-state index in [9.17, 15) is 0 Å². The van der Waals surface area contributed by atoms with Crippen LogP contribution in [-0.4, -0.2) is 41.2 Å². The zero-order chi connectivity index (χ0) is 12.2. The van der Waals surface area contributed by atoms with E-state index in [-0.39, 0.29) is 5.60 Å². The highest BCUT2D eigenvalue weighted by molar-refractivity contribution is 7.80. The predicted octanol–water partition coefficient (Wildman–Crippen LogP) is 1.94. The Balaban J connectivity index is 2.20. The first-order chi connectivity index (χ1) is 7.38. The number of hydrogen-bond acceptors (Lipinski definition) is 3. The average Bonchev–Trinajstić information content (AvgIpc) is 2.91. The lowest BCUT2D eigenvalue weighted by atomic mass is 10.2. The van der Waals surface area contributed by atoms with Gasteiger partial charge in [0.15, 0.2) is 0 Å². The molecule has 1 fully saturated rings. The van der Waals surface area contributed by atoms with Crippen molar-refractivity contribution in [2.45, 2.75) is 51.7 Å². The summed E-state index contributed by atoms with van der Waals surface area (Å²) in [5.74, 6) is 0. The molecule has 0 aliphatic heterocycles. The van der Waals surface area contributed by atoms with Crippen molar-refractivity contribution in [2.75, 3.05) is 19.7 Å². The number of ether oxygens (including phenoxy) is 1. The molecule has 0 aromatic rings. The number of nitrogens with zero attached hydrogens (tertiary/aromatic N) is 1. The molecule has 0 radical (unpaired) electrons. The number of rotatable bonds is 7. The van der Waals surface area contributed by atoms with Crippen molar-refractivity contribution in [3.05, 3.63) is 0 Å². The molecule has 4 heteroatoms. The van der Waals surface area contributed by atoms with Gasteiger partial charge in [0.1, 0.15) is 0 Å². The second-order valence-electron chi connectivity index (χ2n) is 5.44. The van der Waals surface area contributed by atoms with E-state index in [0.29, 0.717) is 4.99 Å². The van der Waals surface area contributed by atoms with Gasteiger partial charge in [-0.05, 0) is 33.6 Å². The molecule has 3 nitrogen and oxygen atoms in total. The fraction of sp³-hybridized carbons (Fsp3) is 0.917. The Morgan fingerprint density at radius 2 is 2.00 bits per heavy atom. The predicted molar refractivity (Wildman–Crippen MR) is 71.7 cm³/mol. The summed E-state index contributed by atoms with van der Waals surface area (Å²) in [5.41, 5.74) is 5.49. The zero-order valence-electron chi connectivity index (χ0n) is 10.7. The minimum absolute atomic E-state index is 0.0433. The maximum Gasteiger partial charge on any atom is 0.0740 e. The maximum atomic E-state index is 5.74. The summed E-state index contributed by atoms with van der Waals surface area (Å²) in [6.07, 6.45) is 3.45. The number of nitrogens with two attached hydrogens (primary N) is 1. The smallest absolute Gasteiger partial charge is 0.0740 e. The molecular weight excluding hydrogens is 220 g/mol. The van der Waals surface area contributed by atoms with Crippen LogP contribution in [0.5, 0.6) is 0 Å². The van der Waals surface area contributed by atoms with Crippen molar-refractivity contribution < 1.29 is 4.74 Å². The molecule has 1 saturated carbocycles. The van der Waals surface area contributed by atoms with Crippen molar-refractivity contribution in [2.24, 2.45) is 5.73 Å². The Bertz CT molecular complexity index is 234. The van der Waals surface area contributed by atoms with E-state index in [0.717, 1.165) is 32.2 Å². The monoisotopic (exact) mass is 244 g/mol. The molecule has 0 bridgehead atoms. The molecule has 0 aromatic carbocycles. The van der Waals surface area contributed by atoms with Crippen LogP contribution < -0.4 is 5.73 Å². The number of thiocarbonyl (C=S) groups is 1. The maximum absolute atomic E-state index is 5.74. The second-order valence-corrected chi connectivity index (χ2v) is 5.97. The Morgan fingerprint density at radius 3 is 2.44 bits per heavy atom. The largest absolute Gasteiger partial charge is 0.393 e. The molecule has 0 saturated heterocycles. The molecule has 0 heterocycles. The third kappa shape index (κ3) is 6.40. The highest BCUT2D eigenvalue weighted by Crippen LogP contribution is 2.26. The molecule has 0 amide bonds. The lowest BCUT2D eigenvalue weighted by Crippen LogP contribution is -2.34. The Hall–Kier alpha value is -0.190. The molecular formula is C12H24N2OS. The topological polar surface area (TPSA) is 38.5 Å². The van der Waals surface area contributed by atoms with E-state index < -0.39 is 0 Å². The summed E-state index contributed by atoms with van der Waals surface area (Å²) >= 11 is 4.91. The summed E-state index contributed by atoms with van der Waals surface area (Å²) in [7, 11) is 0. The lowest BCUT2D eigenvalue weighted by molar-refractivity contribution is -0.0137. The third-order valence-corrected chi connectivity index (χ3v) is 2.83. The van der Waals surface area contributed by atoms with Crippen LogP contribution in [0.1, 0.15) is 40.0 Å². The van der Waals surface area contributed by atoms with Crippen LogP contribution in [0.15, 0.2) is 0 Å². The minimum Gasteiger partial charge on any atom is -0.393 e. The van der Waals surface area contributed by atoms with Crippen LogP contribution in [0.3, 0.4) is 0 Å². The molecule has 16 heavy (non-hydrogen) atoms. The van der Waals surface area contributed by atoms with Crippen molar-refractivity contribution in [3.8, 4) is 0 Å². The van der Waals surface area contributed by atoms with Crippen LogP contribution in [-0.2, 0) is 4.74 Å². The van der Waals surface area contributed by atoms with Crippen molar-refractivity contribution in [3.63, 3.8) is 0 Å². The Labute approximate surface area is 104 Å². The molecule has 0 atom stereocenters. The molecule has 0 spiro atoms. The highest BCUT2D eigenvalue weighted by Gasteiger charge is 2.28. The van der Waals surface area contributed by atoms with Gasteiger partial charge >= 0.3 is 0 Å². The van der Waals surface area contributed by atoms with Crippen molar-refractivity contribution >= 4 is 17.2 Å². The molecule has 1 aliphatic carbocycles. The summed E-state index contributed by atoms with van der Waals surface area (Å²) in [6.45, 7) is 9.02. The fourth-order valence-electron chi connectivity index (χ4n) is 1.64. The molecule has 1 rings (SSSR count). The standard InChI is InChI=1S/C12H24N2OS/c1-12(2,3)15-9-8-14(10-4-5-10)7-6-11(13)16/h10H,4-9H2,1-3H3,(H2,13,16). The minimum atomic E-state index is -0.0433. The summed E-state index contributed by atoms with van der Waals surface area (Å²) < 4.78 is 5.74. The fourth-order valence-corrected chi connectivity index (χ4v) is 1.73. The normalized spacial score (nSPS) is 16.8. The first-order valence-electron chi connectivity index (χ1n) is 6.05. The van der Waals surface area contributed by atoms with Gasteiger partial charge in [0.05, 0.1) is 17.2 Å². The van der Waals surface area contributed by atoms with E-state index in [2.05, 4.69) is 25.7 Å². The van der Waals surface area contributed by atoms with Gasteiger partial charge in [0, 0.05) is 25.6 Å².